The number of fused-ring (bicyclic) bond motifs is 1. The van der Waals surface area contributed by atoms with Crippen molar-refractivity contribution >= 4 is 11.3 Å². The molecule has 1 aliphatic heterocycles. The van der Waals surface area contributed by atoms with Crippen LogP contribution >= 0.6 is 11.3 Å². The Balaban J connectivity index is 1.48. The van der Waals surface area contributed by atoms with Crippen molar-refractivity contribution in [2.45, 2.75) is 25.7 Å². The molecule has 0 radical (unpaired) electrons. The Morgan fingerprint density at radius 2 is 2.24 bits per heavy atom. The van der Waals surface area contributed by atoms with Crippen molar-refractivity contribution in [1.82, 2.24) is 34.7 Å². The number of hydrogen-bond donors (Lipinski definition) is 1. The van der Waals surface area contributed by atoms with Gasteiger partial charge in [-0.2, -0.15) is 10.2 Å². The summed E-state index contributed by atoms with van der Waals surface area (Å²) in [4.78, 5) is 2.29. The zero-order chi connectivity index (χ0) is 17.4. The van der Waals surface area contributed by atoms with E-state index in [0.717, 1.165) is 42.6 Å². The van der Waals surface area contributed by atoms with Gasteiger partial charge in [0.25, 0.3) is 5.19 Å². The van der Waals surface area contributed by atoms with Gasteiger partial charge in [-0.15, -0.1) is 10.2 Å². The van der Waals surface area contributed by atoms with Gasteiger partial charge in [0, 0.05) is 26.3 Å². The fourth-order valence-electron chi connectivity index (χ4n) is 2.99. The van der Waals surface area contributed by atoms with Crippen molar-refractivity contribution in [2.24, 2.45) is 7.05 Å². The lowest BCUT2D eigenvalue weighted by molar-refractivity contribution is 0.196. The van der Waals surface area contributed by atoms with Crippen LogP contribution in [-0.2, 0) is 26.7 Å². The van der Waals surface area contributed by atoms with E-state index in [1.165, 1.54) is 11.3 Å². The van der Waals surface area contributed by atoms with E-state index in [1.807, 2.05) is 17.8 Å². The van der Waals surface area contributed by atoms with E-state index in [-0.39, 0.29) is 0 Å². The number of methoxy groups -OCH3 is 1. The highest BCUT2D eigenvalue weighted by Crippen LogP contribution is 2.25. The normalized spacial score (nSPS) is 16.0. The van der Waals surface area contributed by atoms with Crippen molar-refractivity contribution in [3.8, 4) is 5.19 Å². The molecule has 0 saturated carbocycles. The number of aryl methyl sites for hydroxylation is 1. The molecule has 1 atom stereocenters. The Labute approximate surface area is 148 Å². The molecule has 0 saturated heterocycles. The first kappa shape index (κ1) is 16.2. The number of rotatable bonds is 5. The second kappa shape index (κ2) is 6.54. The minimum Gasteiger partial charge on any atom is -0.472 e. The third-order valence-corrected chi connectivity index (χ3v) is 5.17. The second-order valence-electron chi connectivity index (χ2n) is 5.94. The summed E-state index contributed by atoms with van der Waals surface area (Å²) in [7, 11) is 3.41. The summed E-state index contributed by atoms with van der Waals surface area (Å²) in [5.74, 6) is 0. The van der Waals surface area contributed by atoms with Crippen molar-refractivity contribution in [3.05, 3.63) is 40.4 Å². The van der Waals surface area contributed by atoms with Crippen molar-refractivity contribution in [2.75, 3.05) is 13.7 Å². The smallest absolute Gasteiger partial charge is 0.293 e. The monoisotopic (exact) mass is 361 g/mol. The van der Waals surface area contributed by atoms with Crippen molar-refractivity contribution in [1.29, 1.82) is 0 Å². The highest BCUT2D eigenvalue weighted by Gasteiger charge is 2.24. The van der Waals surface area contributed by atoms with Gasteiger partial charge in [-0.3, -0.25) is 14.3 Å². The van der Waals surface area contributed by atoms with E-state index in [4.69, 9.17) is 4.74 Å². The molecule has 4 rings (SSSR count). The highest BCUT2D eigenvalue weighted by atomic mass is 32.1. The van der Waals surface area contributed by atoms with E-state index < -0.39 is 6.10 Å². The molecule has 0 aromatic carbocycles. The van der Waals surface area contributed by atoms with Gasteiger partial charge in [0.2, 0.25) is 0 Å². The van der Waals surface area contributed by atoms with Crippen LogP contribution in [0.15, 0.2) is 18.3 Å². The molecular formula is C15H19N7O2S. The summed E-state index contributed by atoms with van der Waals surface area (Å²) >= 11 is 1.46. The van der Waals surface area contributed by atoms with E-state index in [0.29, 0.717) is 10.9 Å². The highest BCUT2D eigenvalue weighted by molar-refractivity contribution is 7.13. The third kappa shape index (κ3) is 3.15. The maximum atomic E-state index is 10.6. The molecule has 0 fully saturated rings. The fraction of sp³-hybridized carbons (Fsp3) is 0.467. The number of aromatic nitrogens is 6. The molecule has 0 bridgehead atoms. The fourth-order valence-corrected chi connectivity index (χ4v) is 3.69. The van der Waals surface area contributed by atoms with E-state index >= 15 is 0 Å². The van der Waals surface area contributed by atoms with Crippen LogP contribution in [0.25, 0.3) is 0 Å². The number of nitrogens with zero attached hydrogens (tertiary/aromatic N) is 7. The van der Waals surface area contributed by atoms with Crippen molar-refractivity contribution < 1.29 is 9.84 Å². The topological polar surface area (TPSA) is 94.1 Å². The lowest BCUT2D eigenvalue weighted by Crippen LogP contribution is -2.33. The van der Waals surface area contributed by atoms with E-state index in [2.05, 4.69) is 25.3 Å². The Hall–Kier alpha value is -2.30. The molecule has 1 unspecified atom stereocenters. The van der Waals surface area contributed by atoms with Gasteiger partial charge < -0.3 is 9.84 Å². The lowest BCUT2D eigenvalue weighted by Gasteiger charge is -2.26. The largest absolute Gasteiger partial charge is 0.472 e. The minimum atomic E-state index is -0.772. The quantitative estimate of drug-likeness (QED) is 0.710. The maximum absolute atomic E-state index is 10.6. The van der Waals surface area contributed by atoms with Crippen LogP contribution in [-0.4, -0.2) is 53.4 Å². The maximum Gasteiger partial charge on any atom is 0.293 e. The van der Waals surface area contributed by atoms with Gasteiger partial charge in [-0.05, 0) is 12.1 Å². The molecule has 132 valence electrons. The SMILES string of the molecule is COc1nnc(CN2CCn3nc(C(O)c4ccnn4C)cc3C2)s1. The molecule has 0 amide bonds. The summed E-state index contributed by atoms with van der Waals surface area (Å²) in [5.41, 5.74) is 2.46. The first-order valence-corrected chi connectivity index (χ1v) is 8.77. The van der Waals surface area contributed by atoms with Crippen LogP contribution in [0.5, 0.6) is 5.19 Å². The Bertz CT molecular complexity index is 871. The average molecular weight is 361 g/mol. The molecule has 1 aliphatic rings. The molecule has 9 nitrogen and oxygen atoms in total. The number of ether oxygens (including phenoxy) is 1. The molecule has 1 N–H and O–H groups in total. The van der Waals surface area contributed by atoms with Crippen LogP contribution in [0.4, 0.5) is 0 Å². The number of hydrogen-bond acceptors (Lipinski definition) is 8. The summed E-state index contributed by atoms with van der Waals surface area (Å²) in [6.45, 7) is 3.14. The standard InChI is InChI=1S/C15H19N7O2S/c1-20-12(3-4-16-20)14(23)11-7-10-8-21(5-6-22(10)19-11)9-13-17-18-15(24-2)25-13/h3-4,7,14,23H,5-6,8-9H2,1-2H3. The van der Waals surface area contributed by atoms with Crippen LogP contribution < -0.4 is 4.74 Å². The predicted molar refractivity (Wildman–Crippen MR) is 90.1 cm³/mol. The molecule has 3 aromatic heterocycles. The molecule has 0 aliphatic carbocycles. The molecule has 3 aromatic rings. The zero-order valence-electron chi connectivity index (χ0n) is 14.0. The van der Waals surface area contributed by atoms with Gasteiger partial charge >= 0.3 is 0 Å². The second-order valence-corrected chi connectivity index (χ2v) is 6.97. The Morgan fingerprint density at radius 1 is 1.36 bits per heavy atom. The van der Waals surface area contributed by atoms with Crippen LogP contribution in [0.1, 0.15) is 28.2 Å². The number of aliphatic hydroxyl groups excluding tert-OH is 1. The Morgan fingerprint density at radius 3 is 2.96 bits per heavy atom. The van der Waals surface area contributed by atoms with Crippen LogP contribution in [0.3, 0.4) is 0 Å². The zero-order valence-corrected chi connectivity index (χ0v) is 14.8. The first-order chi connectivity index (χ1) is 12.1. The summed E-state index contributed by atoms with van der Waals surface area (Å²) in [6.07, 6.45) is 0.901. The predicted octanol–water partition coefficient (Wildman–Crippen LogP) is 0.574. The minimum absolute atomic E-state index is 0.582. The first-order valence-electron chi connectivity index (χ1n) is 7.95. The summed E-state index contributed by atoms with van der Waals surface area (Å²) in [6, 6.07) is 3.77. The molecule has 10 heteroatoms. The average Bonchev–Trinajstić information content (AvgIpc) is 3.33. The molecule has 4 heterocycles. The third-order valence-electron chi connectivity index (χ3n) is 4.30. The van der Waals surface area contributed by atoms with Crippen LogP contribution in [0.2, 0.25) is 0 Å². The van der Waals surface area contributed by atoms with Crippen molar-refractivity contribution in [3.63, 3.8) is 0 Å². The lowest BCUT2D eigenvalue weighted by atomic mass is 10.1. The van der Waals surface area contributed by atoms with E-state index in [9.17, 15) is 5.11 Å². The summed E-state index contributed by atoms with van der Waals surface area (Å²) in [5, 5.41) is 28.9. The van der Waals surface area contributed by atoms with Gasteiger partial charge in [-0.1, -0.05) is 11.3 Å². The number of aliphatic hydroxyl groups is 1. The van der Waals surface area contributed by atoms with Gasteiger partial charge in [0.1, 0.15) is 11.1 Å². The molecule has 0 spiro atoms. The Kier molecular flexibility index (Phi) is 4.24. The van der Waals surface area contributed by atoms with Gasteiger partial charge in [-0.25, -0.2) is 0 Å². The van der Waals surface area contributed by atoms with Gasteiger partial charge in [0.15, 0.2) is 0 Å². The van der Waals surface area contributed by atoms with Crippen LogP contribution in [0, 0.1) is 0 Å². The van der Waals surface area contributed by atoms with E-state index in [1.54, 1.807) is 24.1 Å². The molecule has 25 heavy (non-hydrogen) atoms. The van der Waals surface area contributed by atoms with Gasteiger partial charge in [0.05, 0.1) is 37.3 Å². The molecular weight excluding hydrogens is 342 g/mol. The summed E-state index contributed by atoms with van der Waals surface area (Å²) < 4.78 is 8.72.